The SMILES string of the molecule is Cc1cc(N(CCCO)C(C)C)ccc1C=O. The van der Waals surface area contributed by atoms with Crippen LogP contribution in [0, 0.1) is 6.92 Å². The molecule has 1 aromatic carbocycles. The Labute approximate surface area is 103 Å². The molecule has 0 radical (unpaired) electrons. The summed E-state index contributed by atoms with van der Waals surface area (Å²) >= 11 is 0. The van der Waals surface area contributed by atoms with E-state index in [1.165, 1.54) is 0 Å². The number of nitrogens with zero attached hydrogens (tertiary/aromatic N) is 1. The van der Waals surface area contributed by atoms with E-state index < -0.39 is 0 Å². The maximum atomic E-state index is 10.8. The van der Waals surface area contributed by atoms with Crippen molar-refractivity contribution in [3.05, 3.63) is 29.3 Å². The van der Waals surface area contributed by atoms with Gasteiger partial charge >= 0.3 is 0 Å². The van der Waals surface area contributed by atoms with Gasteiger partial charge in [0.25, 0.3) is 0 Å². The fourth-order valence-electron chi connectivity index (χ4n) is 1.90. The van der Waals surface area contributed by atoms with E-state index in [1.54, 1.807) is 0 Å². The Morgan fingerprint density at radius 3 is 2.59 bits per heavy atom. The highest BCUT2D eigenvalue weighted by molar-refractivity contribution is 5.78. The molecular weight excluding hydrogens is 214 g/mol. The molecule has 0 aliphatic rings. The van der Waals surface area contributed by atoms with Gasteiger partial charge in [0.05, 0.1) is 0 Å². The minimum Gasteiger partial charge on any atom is -0.396 e. The minimum absolute atomic E-state index is 0.203. The highest BCUT2D eigenvalue weighted by Gasteiger charge is 2.11. The zero-order chi connectivity index (χ0) is 12.8. The normalized spacial score (nSPS) is 10.6. The Hall–Kier alpha value is -1.35. The Kier molecular flexibility index (Phi) is 5.16. The van der Waals surface area contributed by atoms with Gasteiger partial charge in [-0.2, -0.15) is 0 Å². The molecule has 0 aromatic heterocycles. The molecule has 3 nitrogen and oxygen atoms in total. The lowest BCUT2D eigenvalue weighted by Gasteiger charge is -2.29. The second-order valence-electron chi connectivity index (χ2n) is 4.52. The maximum absolute atomic E-state index is 10.8. The van der Waals surface area contributed by atoms with Gasteiger partial charge in [-0.05, 0) is 51.0 Å². The van der Waals surface area contributed by atoms with Gasteiger partial charge in [-0.25, -0.2) is 0 Å². The van der Waals surface area contributed by atoms with Gasteiger partial charge in [-0.3, -0.25) is 4.79 Å². The monoisotopic (exact) mass is 235 g/mol. The average Bonchev–Trinajstić information content (AvgIpc) is 2.29. The topological polar surface area (TPSA) is 40.5 Å². The summed E-state index contributed by atoms with van der Waals surface area (Å²) in [4.78, 5) is 13.0. The summed E-state index contributed by atoms with van der Waals surface area (Å²) in [6.45, 7) is 7.22. The van der Waals surface area contributed by atoms with Crippen molar-refractivity contribution in [2.24, 2.45) is 0 Å². The number of aliphatic hydroxyl groups is 1. The first kappa shape index (κ1) is 13.7. The van der Waals surface area contributed by atoms with Crippen LogP contribution in [-0.2, 0) is 0 Å². The first-order valence-electron chi connectivity index (χ1n) is 6.03. The number of aldehydes is 1. The van der Waals surface area contributed by atoms with E-state index in [0.717, 1.165) is 36.1 Å². The highest BCUT2D eigenvalue weighted by atomic mass is 16.3. The third-order valence-corrected chi connectivity index (χ3v) is 2.89. The summed E-state index contributed by atoms with van der Waals surface area (Å²) in [5.74, 6) is 0. The number of carbonyl (C=O) groups excluding carboxylic acids is 1. The quantitative estimate of drug-likeness (QED) is 0.770. The Morgan fingerprint density at radius 2 is 2.12 bits per heavy atom. The van der Waals surface area contributed by atoms with Crippen LogP contribution < -0.4 is 4.90 Å². The van der Waals surface area contributed by atoms with Crippen molar-refractivity contribution in [1.29, 1.82) is 0 Å². The molecule has 0 unspecified atom stereocenters. The van der Waals surface area contributed by atoms with Crippen LogP contribution in [0.3, 0.4) is 0 Å². The lowest BCUT2D eigenvalue weighted by atomic mass is 10.1. The molecule has 3 heteroatoms. The summed E-state index contributed by atoms with van der Waals surface area (Å²) < 4.78 is 0. The average molecular weight is 235 g/mol. The van der Waals surface area contributed by atoms with Gasteiger partial charge in [-0.1, -0.05) is 0 Å². The van der Waals surface area contributed by atoms with Crippen LogP contribution in [0.2, 0.25) is 0 Å². The molecule has 0 aliphatic carbocycles. The van der Waals surface area contributed by atoms with Crippen molar-refractivity contribution in [3.63, 3.8) is 0 Å². The number of aliphatic hydroxyl groups excluding tert-OH is 1. The van der Waals surface area contributed by atoms with Crippen molar-refractivity contribution in [2.45, 2.75) is 33.2 Å². The zero-order valence-electron chi connectivity index (χ0n) is 10.8. The number of rotatable bonds is 6. The summed E-state index contributed by atoms with van der Waals surface area (Å²) in [6.07, 6.45) is 1.64. The molecule has 0 saturated carbocycles. The highest BCUT2D eigenvalue weighted by Crippen LogP contribution is 2.20. The lowest BCUT2D eigenvalue weighted by molar-refractivity contribution is 0.112. The van der Waals surface area contributed by atoms with E-state index in [2.05, 4.69) is 18.7 Å². The molecule has 1 N–H and O–H groups in total. The molecule has 94 valence electrons. The first-order chi connectivity index (χ1) is 8.10. The summed E-state index contributed by atoms with van der Waals surface area (Å²) in [5, 5.41) is 8.91. The molecule has 0 heterocycles. The molecule has 0 atom stereocenters. The number of aryl methyl sites for hydroxylation is 1. The van der Waals surface area contributed by atoms with Crippen LogP contribution in [0.4, 0.5) is 5.69 Å². The predicted octanol–water partition coefficient (Wildman–Crippen LogP) is 2.40. The van der Waals surface area contributed by atoms with Gasteiger partial charge in [-0.15, -0.1) is 0 Å². The van der Waals surface area contributed by atoms with Crippen molar-refractivity contribution in [1.82, 2.24) is 0 Å². The Bertz CT molecular complexity index is 374. The Morgan fingerprint density at radius 1 is 1.41 bits per heavy atom. The summed E-state index contributed by atoms with van der Waals surface area (Å²) in [6, 6.07) is 6.23. The van der Waals surface area contributed by atoms with Crippen LogP contribution in [0.15, 0.2) is 18.2 Å². The fraction of sp³-hybridized carbons (Fsp3) is 0.500. The molecular formula is C14H21NO2. The van der Waals surface area contributed by atoms with Crippen molar-refractivity contribution in [3.8, 4) is 0 Å². The van der Waals surface area contributed by atoms with Crippen LogP contribution in [-0.4, -0.2) is 30.6 Å². The van der Waals surface area contributed by atoms with Crippen LogP contribution >= 0.6 is 0 Å². The number of hydrogen-bond acceptors (Lipinski definition) is 3. The van der Waals surface area contributed by atoms with E-state index in [9.17, 15) is 4.79 Å². The first-order valence-corrected chi connectivity index (χ1v) is 6.03. The van der Waals surface area contributed by atoms with Crippen LogP contribution in [0.25, 0.3) is 0 Å². The molecule has 1 rings (SSSR count). The van der Waals surface area contributed by atoms with Gasteiger partial charge in [0.1, 0.15) is 6.29 Å². The Balaban J connectivity index is 2.94. The molecule has 1 aromatic rings. The second-order valence-corrected chi connectivity index (χ2v) is 4.52. The van der Waals surface area contributed by atoms with Crippen LogP contribution in [0.1, 0.15) is 36.2 Å². The fourth-order valence-corrected chi connectivity index (χ4v) is 1.90. The van der Waals surface area contributed by atoms with E-state index in [-0.39, 0.29) is 6.61 Å². The van der Waals surface area contributed by atoms with Gasteiger partial charge < -0.3 is 10.0 Å². The maximum Gasteiger partial charge on any atom is 0.150 e. The van der Waals surface area contributed by atoms with Crippen molar-refractivity contribution >= 4 is 12.0 Å². The standard InChI is InChI=1S/C14H21NO2/c1-11(2)15(7-4-8-16)14-6-5-13(10-17)12(3)9-14/h5-6,9-11,16H,4,7-8H2,1-3H3. The van der Waals surface area contributed by atoms with Gasteiger partial charge in [0.2, 0.25) is 0 Å². The summed E-state index contributed by atoms with van der Waals surface area (Å²) in [7, 11) is 0. The van der Waals surface area contributed by atoms with E-state index >= 15 is 0 Å². The number of anilines is 1. The molecule has 0 bridgehead atoms. The van der Waals surface area contributed by atoms with Gasteiger partial charge in [0.15, 0.2) is 0 Å². The largest absolute Gasteiger partial charge is 0.396 e. The number of hydrogen-bond donors (Lipinski definition) is 1. The molecule has 0 fully saturated rings. The van der Waals surface area contributed by atoms with Crippen molar-refractivity contribution in [2.75, 3.05) is 18.1 Å². The molecule has 0 amide bonds. The second kappa shape index (κ2) is 6.40. The minimum atomic E-state index is 0.203. The lowest BCUT2D eigenvalue weighted by Crippen LogP contribution is -2.32. The third kappa shape index (κ3) is 3.56. The predicted molar refractivity (Wildman–Crippen MR) is 70.8 cm³/mol. The smallest absolute Gasteiger partial charge is 0.150 e. The van der Waals surface area contributed by atoms with Crippen LogP contribution in [0.5, 0.6) is 0 Å². The zero-order valence-corrected chi connectivity index (χ0v) is 10.8. The van der Waals surface area contributed by atoms with E-state index in [1.807, 2.05) is 25.1 Å². The summed E-state index contributed by atoms with van der Waals surface area (Å²) in [5.41, 5.74) is 2.84. The number of carbonyl (C=O) groups is 1. The molecule has 17 heavy (non-hydrogen) atoms. The molecule has 0 aliphatic heterocycles. The third-order valence-electron chi connectivity index (χ3n) is 2.89. The van der Waals surface area contributed by atoms with E-state index in [0.29, 0.717) is 6.04 Å². The number of benzene rings is 1. The molecule has 0 spiro atoms. The van der Waals surface area contributed by atoms with Crippen molar-refractivity contribution < 1.29 is 9.90 Å². The van der Waals surface area contributed by atoms with Gasteiger partial charge in [0, 0.05) is 30.4 Å². The molecule has 0 saturated heterocycles. The van der Waals surface area contributed by atoms with E-state index in [4.69, 9.17) is 5.11 Å².